The van der Waals surface area contributed by atoms with E-state index in [0.29, 0.717) is 24.7 Å². The molecule has 0 bridgehead atoms. The smallest absolute Gasteiger partial charge is 0.237 e. The van der Waals surface area contributed by atoms with E-state index >= 15 is 0 Å². The van der Waals surface area contributed by atoms with Gasteiger partial charge in [-0.2, -0.15) is 0 Å². The van der Waals surface area contributed by atoms with E-state index in [4.69, 9.17) is 6.42 Å². The first-order valence-corrected chi connectivity index (χ1v) is 9.23. The Morgan fingerprint density at radius 2 is 2.08 bits per heavy atom. The second-order valence-corrected chi connectivity index (χ2v) is 7.13. The number of likely N-dealkylation sites (tertiary alicyclic amines) is 1. The SMILES string of the molecule is C#CCN1CCCC[C@H]1C(=O)NC[C@@H]1CCN(c2ccc(F)c(F)c2)C1. The first-order valence-electron chi connectivity index (χ1n) is 9.23. The molecular formula is C20H25F2N3O. The number of amides is 1. The largest absolute Gasteiger partial charge is 0.371 e. The molecule has 2 heterocycles. The lowest BCUT2D eigenvalue weighted by Crippen LogP contribution is -2.50. The Bertz CT molecular complexity index is 688. The molecular weight excluding hydrogens is 336 g/mol. The number of carbonyl (C=O) groups excluding carboxylic acids is 1. The van der Waals surface area contributed by atoms with Gasteiger partial charge in [-0.25, -0.2) is 8.78 Å². The van der Waals surface area contributed by atoms with Crippen LogP contribution in [0.3, 0.4) is 0 Å². The first kappa shape index (κ1) is 18.7. The molecule has 0 unspecified atom stereocenters. The predicted octanol–water partition coefficient (Wildman–Crippen LogP) is 2.40. The summed E-state index contributed by atoms with van der Waals surface area (Å²) in [5, 5.41) is 3.07. The average Bonchev–Trinajstić information content (AvgIpc) is 3.12. The van der Waals surface area contributed by atoms with E-state index in [-0.39, 0.29) is 11.9 Å². The number of halogens is 2. The minimum atomic E-state index is -0.833. The molecule has 1 aromatic carbocycles. The molecule has 6 heteroatoms. The van der Waals surface area contributed by atoms with Gasteiger partial charge in [0.25, 0.3) is 0 Å². The molecule has 1 N–H and O–H groups in total. The Morgan fingerprint density at radius 1 is 1.23 bits per heavy atom. The standard InChI is InChI=1S/C20H25F2N3O/c1-2-9-24-10-4-3-5-19(24)20(26)23-13-15-8-11-25(14-15)16-6-7-17(21)18(22)12-16/h1,6-7,12,15,19H,3-5,8-11,13-14H2,(H,23,26)/t15-,19-/m0/s1. The van der Waals surface area contributed by atoms with Gasteiger partial charge in [0.2, 0.25) is 5.91 Å². The van der Waals surface area contributed by atoms with Crippen molar-refractivity contribution in [3.8, 4) is 12.3 Å². The van der Waals surface area contributed by atoms with Gasteiger partial charge < -0.3 is 10.2 Å². The average molecular weight is 361 g/mol. The number of nitrogens with zero attached hydrogens (tertiary/aromatic N) is 2. The number of piperidine rings is 1. The topological polar surface area (TPSA) is 35.6 Å². The molecule has 0 spiro atoms. The Hall–Kier alpha value is -2.13. The maximum atomic E-state index is 13.4. The molecule has 26 heavy (non-hydrogen) atoms. The van der Waals surface area contributed by atoms with Gasteiger partial charge in [-0.05, 0) is 43.9 Å². The lowest BCUT2D eigenvalue weighted by molar-refractivity contribution is -0.127. The fraction of sp³-hybridized carbons (Fsp3) is 0.550. The van der Waals surface area contributed by atoms with Crippen LogP contribution in [-0.4, -0.2) is 49.6 Å². The molecule has 2 atom stereocenters. The molecule has 0 aromatic heterocycles. The van der Waals surface area contributed by atoms with Crippen LogP contribution < -0.4 is 10.2 Å². The monoisotopic (exact) mass is 361 g/mol. The number of hydrogen-bond donors (Lipinski definition) is 1. The van der Waals surface area contributed by atoms with Crippen LogP contribution in [0.5, 0.6) is 0 Å². The molecule has 2 saturated heterocycles. The maximum absolute atomic E-state index is 13.4. The summed E-state index contributed by atoms with van der Waals surface area (Å²) in [7, 11) is 0. The number of hydrogen-bond acceptors (Lipinski definition) is 3. The summed E-state index contributed by atoms with van der Waals surface area (Å²) in [5.74, 6) is 1.32. The number of nitrogens with one attached hydrogen (secondary N) is 1. The summed E-state index contributed by atoms with van der Waals surface area (Å²) < 4.78 is 26.5. The normalized spacial score (nSPS) is 23.7. The van der Waals surface area contributed by atoms with Crippen molar-refractivity contribution in [3.05, 3.63) is 29.8 Å². The highest BCUT2D eigenvalue weighted by Crippen LogP contribution is 2.25. The maximum Gasteiger partial charge on any atom is 0.237 e. The zero-order valence-electron chi connectivity index (χ0n) is 14.9. The van der Waals surface area contributed by atoms with E-state index in [1.807, 2.05) is 4.90 Å². The van der Waals surface area contributed by atoms with Crippen molar-refractivity contribution in [2.24, 2.45) is 5.92 Å². The van der Waals surface area contributed by atoms with Crippen LogP contribution in [0.15, 0.2) is 18.2 Å². The van der Waals surface area contributed by atoms with Crippen molar-refractivity contribution >= 4 is 11.6 Å². The Kier molecular flexibility index (Phi) is 6.10. The molecule has 140 valence electrons. The van der Waals surface area contributed by atoms with Crippen molar-refractivity contribution in [1.29, 1.82) is 0 Å². The number of anilines is 1. The van der Waals surface area contributed by atoms with Crippen LogP contribution in [0.1, 0.15) is 25.7 Å². The minimum absolute atomic E-state index is 0.0474. The highest BCUT2D eigenvalue weighted by Gasteiger charge is 2.29. The fourth-order valence-electron chi connectivity index (χ4n) is 3.87. The Labute approximate surface area is 153 Å². The zero-order valence-corrected chi connectivity index (χ0v) is 14.9. The summed E-state index contributed by atoms with van der Waals surface area (Å²) in [6.45, 7) is 3.47. The van der Waals surface area contributed by atoms with E-state index in [1.54, 1.807) is 6.07 Å². The van der Waals surface area contributed by atoms with Gasteiger partial charge in [-0.1, -0.05) is 12.3 Å². The van der Waals surface area contributed by atoms with E-state index in [0.717, 1.165) is 51.4 Å². The van der Waals surface area contributed by atoms with Crippen LogP contribution >= 0.6 is 0 Å². The fourth-order valence-corrected chi connectivity index (χ4v) is 3.87. The second kappa shape index (κ2) is 8.50. The summed E-state index contributed by atoms with van der Waals surface area (Å²) >= 11 is 0. The van der Waals surface area contributed by atoms with Crippen LogP contribution in [0.25, 0.3) is 0 Å². The molecule has 0 radical (unpaired) electrons. The van der Waals surface area contributed by atoms with Crippen molar-refractivity contribution in [2.45, 2.75) is 31.7 Å². The van der Waals surface area contributed by atoms with Gasteiger partial charge in [0, 0.05) is 31.4 Å². The molecule has 4 nitrogen and oxygen atoms in total. The van der Waals surface area contributed by atoms with Gasteiger partial charge in [0.05, 0.1) is 12.6 Å². The van der Waals surface area contributed by atoms with Gasteiger partial charge >= 0.3 is 0 Å². The Morgan fingerprint density at radius 3 is 2.85 bits per heavy atom. The molecule has 1 amide bonds. The molecule has 2 aliphatic heterocycles. The van der Waals surface area contributed by atoms with Gasteiger partial charge in [0.1, 0.15) is 0 Å². The van der Waals surface area contributed by atoms with Gasteiger partial charge in [-0.3, -0.25) is 9.69 Å². The molecule has 0 aliphatic carbocycles. The van der Waals surface area contributed by atoms with Crippen molar-refractivity contribution in [3.63, 3.8) is 0 Å². The van der Waals surface area contributed by atoms with Crippen molar-refractivity contribution < 1.29 is 13.6 Å². The third-order valence-corrected chi connectivity index (χ3v) is 5.33. The summed E-state index contributed by atoms with van der Waals surface area (Å²) in [6, 6.07) is 3.85. The Balaban J connectivity index is 1.50. The first-order chi connectivity index (χ1) is 12.6. The third-order valence-electron chi connectivity index (χ3n) is 5.33. The number of carbonyl (C=O) groups is 1. The molecule has 2 aliphatic rings. The summed E-state index contributed by atoms with van der Waals surface area (Å²) in [5.41, 5.74) is 0.685. The molecule has 2 fully saturated rings. The van der Waals surface area contributed by atoms with Crippen LogP contribution in [0.4, 0.5) is 14.5 Å². The lowest BCUT2D eigenvalue weighted by Gasteiger charge is -2.33. The highest BCUT2D eigenvalue weighted by atomic mass is 19.2. The van der Waals surface area contributed by atoms with Gasteiger partial charge in [0.15, 0.2) is 11.6 Å². The van der Waals surface area contributed by atoms with E-state index in [1.165, 1.54) is 6.07 Å². The van der Waals surface area contributed by atoms with Crippen LogP contribution in [-0.2, 0) is 4.79 Å². The van der Waals surface area contributed by atoms with E-state index in [2.05, 4.69) is 16.1 Å². The number of rotatable bonds is 5. The van der Waals surface area contributed by atoms with E-state index < -0.39 is 11.6 Å². The van der Waals surface area contributed by atoms with Gasteiger partial charge in [-0.15, -0.1) is 6.42 Å². The van der Waals surface area contributed by atoms with Crippen LogP contribution in [0, 0.1) is 29.9 Å². The predicted molar refractivity (Wildman–Crippen MR) is 97.7 cm³/mol. The lowest BCUT2D eigenvalue weighted by atomic mass is 10.0. The highest BCUT2D eigenvalue weighted by molar-refractivity contribution is 5.81. The van der Waals surface area contributed by atoms with Crippen molar-refractivity contribution in [1.82, 2.24) is 10.2 Å². The van der Waals surface area contributed by atoms with Crippen LogP contribution in [0.2, 0.25) is 0 Å². The second-order valence-electron chi connectivity index (χ2n) is 7.13. The number of benzene rings is 1. The molecule has 3 rings (SSSR count). The molecule has 1 aromatic rings. The number of terminal acetylenes is 1. The van der Waals surface area contributed by atoms with Crippen molar-refractivity contribution in [2.75, 3.05) is 37.6 Å². The van der Waals surface area contributed by atoms with E-state index in [9.17, 15) is 13.6 Å². The minimum Gasteiger partial charge on any atom is -0.371 e. The summed E-state index contributed by atoms with van der Waals surface area (Å²) in [6.07, 6.45) is 9.30. The third kappa shape index (κ3) is 4.34. The zero-order chi connectivity index (χ0) is 18.5. The molecule has 0 saturated carbocycles. The quantitative estimate of drug-likeness (QED) is 0.818. The summed E-state index contributed by atoms with van der Waals surface area (Å²) in [4.78, 5) is 16.7.